The van der Waals surface area contributed by atoms with Crippen molar-refractivity contribution in [2.24, 2.45) is 11.8 Å². The summed E-state index contributed by atoms with van der Waals surface area (Å²) >= 11 is 3.71. The Balaban J connectivity index is 1.93. The Kier molecular flexibility index (Phi) is 2.91. The van der Waals surface area contributed by atoms with Crippen molar-refractivity contribution in [3.05, 3.63) is 35.6 Å². The molecule has 2 heteroatoms. The van der Waals surface area contributed by atoms with Gasteiger partial charge in [0.2, 0.25) is 0 Å². The van der Waals surface area contributed by atoms with Crippen LogP contribution in [0.15, 0.2) is 24.3 Å². The third kappa shape index (κ3) is 2.35. The van der Waals surface area contributed by atoms with E-state index < -0.39 is 0 Å². The van der Waals surface area contributed by atoms with E-state index in [1.54, 1.807) is 0 Å². The summed E-state index contributed by atoms with van der Waals surface area (Å²) in [5.41, 5.74) is 1.22. The van der Waals surface area contributed by atoms with E-state index >= 15 is 0 Å². The average Bonchev–Trinajstić information content (AvgIpc) is 2.87. The van der Waals surface area contributed by atoms with Gasteiger partial charge in [-0.15, -0.1) is 0 Å². The molecule has 0 saturated heterocycles. The Hall–Kier alpha value is -0.370. The van der Waals surface area contributed by atoms with Gasteiger partial charge in [0.25, 0.3) is 0 Å². The third-order valence-corrected chi connectivity index (χ3v) is 3.98. The number of halogens is 2. The molecule has 0 aliphatic heterocycles. The average molecular weight is 257 g/mol. The highest BCUT2D eigenvalue weighted by Gasteiger charge is 2.37. The number of benzene rings is 1. The molecule has 1 aliphatic carbocycles. The first-order chi connectivity index (χ1) is 6.66. The molecule has 0 spiro atoms. The highest BCUT2D eigenvalue weighted by atomic mass is 79.9. The molecule has 1 saturated carbocycles. The van der Waals surface area contributed by atoms with Crippen molar-refractivity contribution in [2.75, 3.05) is 0 Å². The molecule has 1 aliphatic rings. The Morgan fingerprint density at radius 3 is 2.50 bits per heavy atom. The lowest BCUT2D eigenvalue weighted by molar-refractivity contribution is 0.626. The van der Waals surface area contributed by atoms with Crippen LogP contribution in [0.3, 0.4) is 0 Å². The molecule has 0 aromatic heterocycles. The van der Waals surface area contributed by atoms with Gasteiger partial charge in [-0.3, -0.25) is 0 Å². The van der Waals surface area contributed by atoms with Crippen LogP contribution >= 0.6 is 15.9 Å². The van der Waals surface area contributed by atoms with Gasteiger partial charge in [-0.2, -0.15) is 0 Å². The lowest BCUT2D eigenvalue weighted by Gasteiger charge is -2.08. The van der Waals surface area contributed by atoms with Crippen LogP contribution in [0.2, 0.25) is 0 Å². The first-order valence-electron chi connectivity index (χ1n) is 5.05. The van der Waals surface area contributed by atoms with Gasteiger partial charge >= 0.3 is 0 Å². The highest BCUT2D eigenvalue weighted by Crippen LogP contribution is 2.44. The summed E-state index contributed by atoms with van der Waals surface area (Å²) in [6.07, 6.45) is 2.34. The maximum absolute atomic E-state index is 12.6. The predicted octanol–water partition coefficient (Wildman–Crippen LogP) is 3.79. The lowest BCUT2D eigenvalue weighted by atomic mass is 10.1. The van der Waals surface area contributed by atoms with Crippen molar-refractivity contribution in [2.45, 2.75) is 24.6 Å². The van der Waals surface area contributed by atoms with Gasteiger partial charge in [0.1, 0.15) is 5.82 Å². The van der Waals surface area contributed by atoms with E-state index in [1.807, 2.05) is 12.1 Å². The quantitative estimate of drug-likeness (QED) is 0.723. The van der Waals surface area contributed by atoms with Crippen LogP contribution in [-0.4, -0.2) is 4.83 Å². The number of rotatable bonds is 3. The molecule has 76 valence electrons. The van der Waals surface area contributed by atoms with Crippen LogP contribution in [0.25, 0.3) is 0 Å². The molecule has 0 nitrogen and oxygen atoms in total. The Labute approximate surface area is 92.6 Å². The second-order valence-corrected chi connectivity index (χ2v) is 5.40. The van der Waals surface area contributed by atoms with E-state index in [2.05, 4.69) is 22.9 Å². The molecule has 2 rings (SSSR count). The monoisotopic (exact) mass is 256 g/mol. The smallest absolute Gasteiger partial charge is 0.123 e. The Morgan fingerprint density at radius 2 is 2.00 bits per heavy atom. The minimum atomic E-state index is -0.153. The summed E-state index contributed by atoms with van der Waals surface area (Å²) in [5, 5.41) is 0. The summed E-state index contributed by atoms with van der Waals surface area (Å²) in [5.74, 6) is 1.53. The molecule has 0 heterocycles. The summed E-state index contributed by atoms with van der Waals surface area (Å²) in [6, 6.07) is 6.81. The Morgan fingerprint density at radius 1 is 1.43 bits per heavy atom. The van der Waals surface area contributed by atoms with Crippen LogP contribution in [0.4, 0.5) is 4.39 Å². The zero-order chi connectivity index (χ0) is 10.1. The molecule has 3 unspecified atom stereocenters. The summed E-state index contributed by atoms with van der Waals surface area (Å²) in [7, 11) is 0. The molecule has 0 radical (unpaired) electrons. The van der Waals surface area contributed by atoms with Crippen LogP contribution in [-0.2, 0) is 6.42 Å². The normalized spacial score (nSPS) is 27.4. The maximum atomic E-state index is 12.6. The van der Waals surface area contributed by atoms with Gasteiger partial charge in [0, 0.05) is 4.83 Å². The van der Waals surface area contributed by atoms with Gasteiger partial charge < -0.3 is 0 Å². The number of hydrogen-bond donors (Lipinski definition) is 0. The molecule has 14 heavy (non-hydrogen) atoms. The molecule has 1 aromatic rings. The fraction of sp³-hybridized carbons (Fsp3) is 0.500. The predicted molar refractivity (Wildman–Crippen MR) is 60.1 cm³/mol. The molecule has 0 N–H and O–H groups in total. The van der Waals surface area contributed by atoms with E-state index in [4.69, 9.17) is 0 Å². The van der Waals surface area contributed by atoms with Crippen molar-refractivity contribution in [1.29, 1.82) is 0 Å². The number of hydrogen-bond acceptors (Lipinski definition) is 0. The van der Waals surface area contributed by atoms with Crippen LogP contribution < -0.4 is 0 Å². The molecule has 1 aromatic carbocycles. The second-order valence-electron chi connectivity index (χ2n) is 4.22. The molecule has 3 atom stereocenters. The van der Waals surface area contributed by atoms with E-state index in [0.717, 1.165) is 18.3 Å². The molecular formula is C12H14BrF. The first-order valence-corrected chi connectivity index (χ1v) is 5.97. The van der Waals surface area contributed by atoms with Gasteiger partial charge in [0.05, 0.1) is 0 Å². The van der Waals surface area contributed by atoms with Crippen molar-refractivity contribution in [3.8, 4) is 0 Å². The Bertz CT molecular complexity index is 307. The zero-order valence-electron chi connectivity index (χ0n) is 8.21. The maximum Gasteiger partial charge on any atom is 0.123 e. The van der Waals surface area contributed by atoms with Crippen molar-refractivity contribution in [3.63, 3.8) is 0 Å². The fourth-order valence-electron chi connectivity index (χ4n) is 1.85. The van der Waals surface area contributed by atoms with E-state index in [0.29, 0.717) is 4.83 Å². The SMILES string of the molecule is CC1CC1C(Br)Cc1ccc(F)cc1. The lowest BCUT2D eigenvalue weighted by Crippen LogP contribution is -2.06. The standard InChI is InChI=1S/C12H14BrF/c1-8-6-11(8)12(13)7-9-2-4-10(14)5-3-9/h2-5,8,11-12H,6-7H2,1H3. The fourth-order valence-corrected chi connectivity index (χ4v) is 2.96. The zero-order valence-corrected chi connectivity index (χ0v) is 9.80. The summed E-state index contributed by atoms with van der Waals surface area (Å²) in [4.78, 5) is 0.558. The second kappa shape index (κ2) is 4.01. The van der Waals surface area contributed by atoms with Crippen molar-refractivity contribution < 1.29 is 4.39 Å². The van der Waals surface area contributed by atoms with Crippen LogP contribution in [0.5, 0.6) is 0 Å². The molecule has 0 amide bonds. The van der Waals surface area contributed by atoms with Gasteiger partial charge in [0.15, 0.2) is 0 Å². The topological polar surface area (TPSA) is 0 Å². The van der Waals surface area contributed by atoms with Crippen molar-refractivity contribution in [1.82, 2.24) is 0 Å². The highest BCUT2D eigenvalue weighted by molar-refractivity contribution is 9.09. The van der Waals surface area contributed by atoms with Crippen molar-refractivity contribution >= 4 is 15.9 Å². The molecular weight excluding hydrogens is 243 g/mol. The van der Waals surface area contributed by atoms with E-state index in [-0.39, 0.29) is 5.82 Å². The minimum Gasteiger partial charge on any atom is -0.207 e. The van der Waals surface area contributed by atoms with E-state index in [1.165, 1.54) is 24.1 Å². The van der Waals surface area contributed by atoms with Crippen LogP contribution in [0, 0.1) is 17.7 Å². The minimum absolute atomic E-state index is 0.153. The largest absolute Gasteiger partial charge is 0.207 e. The van der Waals surface area contributed by atoms with Gasteiger partial charge in [-0.1, -0.05) is 35.0 Å². The third-order valence-electron chi connectivity index (χ3n) is 2.98. The summed E-state index contributed by atoms with van der Waals surface area (Å²) in [6.45, 7) is 2.28. The number of alkyl halides is 1. The summed E-state index contributed by atoms with van der Waals surface area (Å²) < 4.78 is 12.6. The van der Waals surface area contributed by atoms with Gasteiger partial charge in [-0.25, -0.2) is 4.39 Å². The first kappa shape index (κ1) is 10.2. The molecule has 0 bridgehead atoms. The molecule has 1 fully saturated rings. The van der Waals surface area contributed by atoms with Crippen LogP contribution in [0.1, 0.15) is 18.9 Å². The van der Waals surface area contributed by atoms with Gasteiger partial charge in [-0.05, 0) is 42.4 Å². The van der Waals surface area contributed by atoms with E-state index in [9.17, 15) is 4.39 Å².